The lowest BCUT2D eigenvalue weighted by Gasteiger charge is -2.28. The molecular weight excluding hydrogens is 376 g/mol. The molecule has 0 spiro atoms. The average Bonchev–Trinajstić information content (AvgIpc) is 3.42. The van der Waals surface area contributed by atoms with Gasteiger partial charge in [-0.05, 0) is 49.3 Å². The van der Waals surface area contributed by atoms with Crippen LogP contribution in [0.5, 0.6) is 0 Å². The van der Waals surface area contributed by atoms with Crippen molar-refractivity contribution in [2.75, 3.05) is 18.1 Å². The summed E-state index contributed by atoms with van der Waals surface area (Å²) in [6, 6.07) is 0. The first-order valence-corrected chi connectivity index (χ1v) is 10.6. The minimum Gasteiger partial charge on any atom is -0.331 e. The maximum atomic E-state index is 13.1. The summed E-state index contributed by atoms with van der Waals surface area (Å²) in [6.07, 6.45) is 13.2. The molecule has 2 aliphatic rings. The van der Waals surface area contributed by atoms with Crippen LogP contribution in [0.1, 0.15) is 63.5 Å². The fraction of sp³-hybridized carbons (Fsp3) is 0.478. The highest BCUT2D eigenvalue weighted by Gasteiger charge is 2.30. The zero-order valence-electron chi connectivity index (χ0n) is 18.5. The normalized spacial score (nSPS) is 20.0. The highest BCUT2D eigenvalue weighted by Crippen LogP contribution is 2.35. The molecule has 7 heteroatoms. The van der Waals surface area contributed by atoms with E-state index in [9.17, 15) is 4.79 Å². The van der Waals surface area contributed by atoms with Crippen LogP contribution in [0, 0.1) is 6.92 Å². The van der Waals surface area contributed by atoms with E-state index >= 15 is 0 Å². The van der Waals surface area contributed by atoms with E-state index in [-0.39, 0.29) is 17.5 Å². The number of hydrogen-bond donors (Lipinski definition) is 0. The van der Waals surface area contributed by atoms with Gasteiger partial charge in [0.05, 0.1) is 24.2 Å². The van der Waals surface area contributed by atoms with Crippen molar-refractivity contribution in [1.82, 2.24) is 19.4 Å². The van der Waals surface area contributed by atoms with Gasteiger partial charge in [0.1, 0.15) is 0 Å². The van der Waals surface area contributed by atoms with Crippen LogP contribution < -0.4 is 5.01 Å². The largest absolute Gasteiger partial charge is 0.331 e. The van der Waals surface area contributed by atoms with E-state index in [4.69, 9.17) is 0 Å². The maximum absolute atomic E-state index is 13.1. The van der Waals surface area contributed by atoms with Crippen LogP contribution in [0.4, 0.5) is 5.82 Å². The van der Waals surface area contributed by atoms with Gasteiger partial charge in [0.25, 0.3) is 5.91 Å². The van der Waals surface area contributed by atoms with Crippen molar-refractivity contribution in [2.45, 2.75) is 59.0 Å². The van der Waals surface area contributed by atoms with Gasteiger partial charge < -0.3 is 4.57 Å². The SMILES string of the molecule is Cc1cn(C(C)N2CCCC2)c(/C=C2\C=NN(c3cnccn3)C2=O)c1C(C)(C)C. The molecule has 1 saturated heterocycles. The second-order valence-electron chi connectivity index (χ2n) is 9.13. The zero-order chi connectivity index (χ0) is 21.5. The van der Waals surface area contributed by atoms with Crippen LogP contribution in [0.25, 0.3) is 6.08 Å². The van der Waals surface area contributed by atoms with Crippen molar-refractivity contribution in [1.29, 1.82) is 0 Å². The molecule has 1 atom stereocenters. The highest BCUT2D eigenvalue weighted by atomic mass is 16.2. The number of likely N-dealkylation sites (tertiary alicyclic amines) is 1. The number of aromatic nitrogens is 3. The number of anilines is 1. The minimum absolute atomic E-state index is 0.0458. The molecule has 2 aromatic heterocycles. The van der Waals surface area contributed by atoms with E-state index < -0.39 is 0 Å². The molecule has 0 saturated carbocycles. The molecule has 0 bridgehead atoms. The summed E-state index contributed by atoms with van der Waals surface area (Å²) in [5.74, 6) is 0.241. The second-order valence-corrected chi connectivity index (χ2v) is 9.13. The average molecular weight is 407 g/mol. The van der Waals surface area contributed by atoms with Gasteiger partial charge in [-0.25, -0.2) is 4.98 Å². The lowest BCUT2D eigenvalue weighted by molar-refractivity contribution is -0.114. The first-order valence-electron chi connectivity index (χ1n) is 10.6. The van der Waals surface area contributed by atoms with Gasteiger partial charge in [0.2, 0.25) is 0 Å². The molecule has 30 heavy (non-hydrogen) atoms. The monoisotopic (exact) mass is 406 g/mol. The summed E-state index contributed by atoms with van der Waals surface area (Å²) >= 11 is 0. The van der Waals surface area contributed by atoms with Crippen molar-refractivity contribution >= 4 is 24.0 Å². The third-order valence-corrected chi connectivity index (χ3v) is 5.89. The molecule has 4 heterocycles. The fourth-order valence-corrected chi connectivity index (χ4v) is 4.56. The number of rotatable bonds is 4. The first-order chi connectivity index (χ1) is 14.3. The van der Waals surface area contributed by atoms with Gasteiger partial charge in [-0.15, -0.1) is 0 Å². The third-order valence-electron chi connectivity index (χ3n) is 5.89. The van der Waals surface area contributed by atoms with E-state index in [0.717, 1.165) is 18.8 Å². The Bertz CT molecular complexity index is 993. The Morgan fingerprint density at radius 2 is 1.90 bits per heavy atom. The van der Waals surface area contributed by atoms with E-state index in [1.807, 2.05) is 6.08 Å². The lowest BCUT2D eigenvalue weighted by Crippen LogP contribution is -2.29. The van der Waals surface area contributed by atoms with Gasteiger partial charge in [0.15, 0.2) is 5.82 Å². The van der Waals surface area contributed by atoms with E-state index in [2.05, 4.69) is 65.4 Å². The standard InChI is InChI=1S/C23H30N6O/c1-16-15-28(17(2)27-10-6-7-11-27)19(21(16)23(3,4)5)12-18-13-26-29(22(18)30)20-14-24-8-9-25-20/h8-9,12-15,17H,6-7,10-11H2,1-5H3/b18-12+. The summed E-state index contributed by atoms with van der Waals surface area (Å²) in [4.78, 5) is 23.8. The molecule has 0 N–H and O–H groups in total. The number of hydrogen-bond acceptors (Lipinski definition) is 5. The molecule has 158 valence electrons. The molecule has 0 radical (unpaired) electrons. The Labute approximate surface area is 178 Å². The smallest absolute Gasteiger partial charge is 0.281 e. The van der Waals surface area contributed by atoms with Gasteiger partial charge in [-0.1, -0.05) is 20.8 Å². The summed E-state index contributed by atoms with van der Waals surface area (Å²) in [5.41, 5.74) is 4.10. The first kappa shape index (κ1) is 20.5. The fourth-order valence-electron chi connectivity index (χ4n) is 4.56. The summed E-state index contributed by atoms with van der Waals surface area (Å²) in [5, 5.41) is 5.59. The number of carbonyl (C=O) groups excluding carboxylic acids is 1. The van der Waals surface area contributed by atoms with Crippen molar-refractivity contribution in [3.8, 4) is 0 Å². The summed E-state index contributed by atoms with van der Waals surface area (Å²) in [7, 11) is 0. The Hall–Kier alpha value is -2.80. The molecular formula is C23H30N6O. The number of hydrazone groups is 1. The van der Waals surface area contributed by atoms with Gasteiger partial charge >= 0.3 is 0 Å². The van der Waals surface area contributed by atoms with Crippen LogP contribution in [0.3, 0.4) is 0 Å². The molecule has 1 fully saturated rings. The van der Waals surface area contributed by atoms with Gasteiger partial charge in [-0.3, -0.25) is 14.7 Å². The number of amides is 1. The summed E-state index contributed by atoms with van der Waals surface area (Å²) < 4.78 is 2.32. The molecule has 0 aromatic carbocycles. The molecule has 2 aromatic rings. The number of carbonyl (C=O) groups is 1. The van der Waals surface area contributed by atoms with Gasteiger partial charge in [-0.2, -0.15) is 10.1 Å². The maximum Gasteiger partial charge on any atom is 0.281 e. The second kappa shape index (κ2) is 7.80. The van der Waals surface area contributed by atoms with Crippen LogP contribution in [0.15, 0.2) is 35.5 Å². The molecule has 2 aliphatic heterocycles. The van der Waals surface area contributed by atoms with Crippen LogP contribution >= 0.6 is 0 Å². The lowest BCUT2D eigenvalue weighted by atomic mass is 9.84. The van der Waals surface area contributed by atoms with Crippen LogP contribution in [-0.2, 0) is 10.2 Å². The number of nitrogens with zero attached hydrogens (tertiary/aromatic N) is 6. The highest BCUT2D eigenvalue weighted by molar-refractivity contribution is 6.25. The van der Waals surface area contributed by atoms with Crippen LogP contribution in [-0.4, -0.2) is 44.6 Å². The predicted molar refractivity (Wildman–Crippen MR) is 119 cm³/mol. The molecule has 1 amide bonds. The van der Waals surface area contributed by atoms with Crippen LogP contribution in [0.2, 0.25) is 0 Å². The molecule has 0 aliphatic carbocycles. The van der Waals surface area contributed by atoms with Crippen molar-refractivity contribution in [2.24, 2.45) is 5.10 Å². The molecule has 1 unspecified atom stereocenters. The predicted octanol–water partition coefficient (Wildman–Crippen LogP) is 3.91. The molecule has 7 nitrogen and oxygen atoms in total. The Morgan fingerprint density at radius 3 is 2.53 bits per heavy atom. The van der Waals surface area contributed by atoms with E-state index in [0.29, 0.717) is 11.4 Å². The van der Waals surface area contributed by atoms with Crippen molar-refractivity contribution in [3.63, 3.8) is 0 Å². The quantitative estimate of drug-likeness (QED) is 0.722. The Morgan fingerprint density at radius 1 is 1.17 bits per heavy atom. The summed E-state index contributed by atoms with van der Waals surface area (Å²) in [6.45, 7) is 13.3. The number of aryl methyl sites for hydroxylation is 1. The topological polar surface area (TPSA) is 66.6 Å². The van der Waals surface area contributed by atoms with Crippen molar-refractivity contribution in [3.05, 3.63) is 47.2 Å². The van der Waals surface area contributed by atoms with E-state index in [1.54, 1.807) is 24.8 Å². The third kappa shape index (κ3) is 3.69. The van der Waals surface area contributed by atoms with E-state index in [1.165, 1.54) is 29.0 Å². The molecule has 4 rings (SSSR count). The van der Waals surface area contributed by atoms with Crippen molar-refractivity contribution < 1.29 is 4.79 Å². The minimum atomic E-state index is -0.186. The van der Waals surface area contributed by atoms with Gasteiger partial charge in [0, 0.05) is 37.4 Å². The Balaban J connectivity index is 1.76. The Kier molecular flexibility index (Phi) is 5.32. The zero-order valence-corrected chi connectivity index (χ0v) is 18.5.